The number of likely N-dealkylation sites (tertiary alicyclic amines) is 1. The number of hydrogen-bond donors (Lipinski definition) is 1. The number of nitrogens with zero attached hydrogens (tertiary/aromatic N) is 1. The molecule has 2 aromatic carbocycles. The van der Waals surface area contributed by atoms with E-state index in [4.69, 9.17) is 39.5 Å². The van der Waals surface area contributed by atoms with Crippen molar-refractivity contribution in [3.05, 3.63) is 68.7 Å². The maximum Gasteiger partial charge on any atom is 0.407 e. The standard InChI is InChI=1S/C25H29Cl3N2O2/c26-20-6-4-17(5-7-20)12-18-8-10-30(11-9-18)24-3-1-2-23(24)29-25(31)32-16-19-13-21(27)15-22(28)14-19/h4-7,13-15,18,23-24H,1-3,8-12,16H2,(H,29,31). The van der Waals surface area contributed by atoms with E-state index < -0.39 is 0 Å². The Morgan fingerprint density at radius 1 is 0.906 bits per heavy atom. The number of benzene rings is 2. The van der Waals surface area contributed by atoms with Gasteiger partial charge in [-0.15, -0.1) is 0 Å². The second-order valence-electron chi connectivity index (χ2n) is 8.91. The zero-order chi connectivity index (χ0) is 22.5. The van der Waals surface area contributed by atoms with Crippen LogP contribution in [0.25, 0.3) is 0 Å². The third-order valence-corrected chi connectivity index (χ3v) is 7.32. The van der Waals surface area contributed by atoms with E-state index in [0.29, 0.717) is 22.0 Å². The highest BCUT2D eigenvalue weighted by atomic mass is 35.5. The van der Waals surface area contributed by atoms with Crippen LogP contribution in [0.1, 0.15) is 43.2 Å². The number of amides is 1. The van der Waals surface area contributed by atoms with Crippen molar-refractivity contribution in [1.29, 1.82) is 0 Å². The molecule has 1 aliphatic heterocycles. The summed E-state index contributed by atoms with van der Waals surface area (Å²) in [7, 11) is 0. The molecule has 2 aromatic rings. The first-order valence-electron chi connectivity index (χ1n) is 11.3. The predicted octanol–water partition coefficient (Wildman–Crippen LogP) is 6.75. The van der Waals surface area contributed by atoms with Crippen LogP contribution < -0.4 is 5.32 Å². The first-order valence-corrected chi connectivity index (χ1v) is 12.5. The highest BCUT2D eigenvalue weighted by Crippen LogP contribution is 2.30. The number of carbonyl (C=O) groups is 1. The molecule has 1 amide bonds. The summed E-state index contributed by atoms with van der Waals surface area (Å²) in [6, 6.07) is 13.9. The molecule has 0 bridgehead atoms. The van der Waals surface area contributed by atoms with Crippen LogP contribution in [0.2, 0.25) is 15.1 Å². The van der Waals surface area contributed by atoms with Crippen molar-refractivity contribution in [2.45, 2.75) is 57.2 Å². The highest BCUT2D eigenvalue weighted by Gasteiger charge is 2.35. The van der Waals surface area contributed by atoms with Gasteiger partial charge in [0.1, 0.15) is 6.61 Å². The number of carbonyl (C=O) groups excluding carboxylic acids is 1. The van der Waals surface area contributed by atoms with Crippen molar-refractivity contribution in [2.75, 3.05) is 13.1 Å². The Hall–Kier alpha value is -1.46. The average Bonchev–Trinajstić information content (AvgIpc) is 3.22. The molecule has 0 radical (unpaired) electrons. The number of halogens is 3. The van der Waals surface area contributed by atoms with Gasteiger partial charge < -0.3 is 10.1 Å². The lowest BCUT2D eigenvalue weighted by molar-refractivity contribution is 0.104. The van der Waals surface area contributed by atoms with Gasteiger partial charge in [-0.1, -0.05) is 46.9 Å². The van der Waals surface area contributed by atoms with Crippen LogP contribution in [0.5, 0.6) is 0 Å². The van der Waals surface area contributed by atoms with Crippen molar-refractivity contribution in [3.63, 3.8) is 0 Å². The van der Waals surface area contributed by atoms with E-state index >= 15 is 0 Å². The number of nitrogens with one attached hydrogen (secondary N) is 1. The van der Waals surface area contributed by atoms with Gasteiger partial charge >= 0.3 is 6.09 Å². The molecule has 4 nitrogen and oxygen atoms in total. The Labute approximate surface area is 205 Å². The molecule has 0 spiro atoms. The molecule has 1 N–H and O–H groups in total. The molecule has 7 heteroatoms. The quantitative estimate of drug-likeness (QED) is 0.482. The monoisotopic (exact) mass is 494 g/mol. The normalized spacial score (nSPS) is 22.1. The zero-order valence-corrected chi connectivity index (χ0v) is 20.3. The van der Waals surface area contributed by atoms with Gasteiger partial charge in [-0.2, -0.15) is 0 Å². The van der Waals surface area contributed by atoms with E-state index in [1.165, 1.54) is 18.4 Å². The minimum Gasteiger partial charge on any atom is -0.445 e. The second-order valence-corrected chi connectivity index (χ2v) is 10.2. The Morgan fingerprint density at radius 2 is 1.59 bits per heavy atom. The molecule has 0 aromatic heterocycles. The Balaban J connectivity index is 1.23. The van der Waals surface area contributed by atoms with Crippen molar-refractivity contribution in [1.82, 2.24) is 10.2 Å². The summed E-state index contributed by atoms with van der Waals surface area (Å²) < 4.78 is 5.43. The molecule has 2 unspecified atom stereocenters. The smallest absolute Gasteiger partial charge is 0.407 e. The SMILES string of the molecule is O=C(NC1CCCC1N1CCC(Cc2ccc(Cl)cc2)CC1)OCc1cc(Cl)cc(Cl)c1. The van der Waals surface area contributed by atoms with E-state index in [0.717, 1.165) is 49.4 Å². The third-order valence-electron chi connectivity index (χ3n) is 6.63. The van der Waals surface area contributed by atoms with E-state index in [1.54, 1.807) is 18.2 Å². The van der Waals surface area contributed by atoms with Crippen molar-refractivity contribution < 1.29 is 9.53 Å². The topological polar surface area (TPSA) is 41.6 Å². The molecular weight excluding hydrogens is 467 g/mol. The van der Waals surface area contributed by atoms with Gasteiger partial charge in [-0.05, 0) is 99.0 Å². The second kappa shape index (κ2) is 11.1. The highest BCUT2D eigenvalue weighted by molar-refractivity contribution is 6.34. The fourth-order valence-electron chi connectivity index (χ4n) is 5.02. The maximum absolute atomic E-state index is 12.4. The van der Waals surface area contributed by atoms with Gasteiger partial charge in [0.15, 0.2) is 0 Å². The molecule has 1 saturated carbocycles. The molecule has 1 saturated heterocycles. The number of alkyl carbamates (subject to hydrolysis) is 1. The number of hydrogen-bond acceptors (Lipinski definition) is 3. The largest absolute Gasteiger partial charge is 0.445 e. The fourth-order valence-corrected chi connectivity index (χ4v) is 5.72. The van der Waals surface area contributed by atoms with E-state index in [-0.39, 0.29) is 18.7 Å². The average molecular weight is 496 g/mol. The summed E-state index contributed by atoms with van der Waals surface area (Å²) in [4.78, 5) is 15.0. The number of ether oxygens (including phenoxy) is 1. The summed E-state index contributed by atoms with van der Waals surface area (Å²) in [5, 5.41) is 4.96. The first-order chi connectivity index (χ1) is 15.5. The van der Waals surface area contributed by atoms with E-state index in [9.17, 15) is 4.79 Å². The molecule has 32 heavy (non-hydrogen) atoms. The van der Waals surface area contributed by atoms with E-state index in [2.05, 4.69) is 22.3 Å². The van der Waals surface area contributed by atoms with E-state index in [1.807, 2.05) is 12.1 Å². The molecule has 4 rings (SSSR count). The van der Waals surface area contributed by atoms with Crippen LogP contribution in [0.4, 0.5) is 4.79 Å². The van der Waals surface area contributed by atoms with Crippen LogP contribution in [-0.2, 0) is 17.8 Å². The van der Waals surface area contributed by atoms with Crippen LogP contribution in [0, 0.1) is 5.92 Å². The van der Waals surface area contributed by atoms with Crippen LogP contribution in [-0.4, -0.2) is 36.2 Å². The van der Waals surface area contributed by atoms with Crippen LogP contribution in [0.15, 0.2) is 42.5 Å². The summed E-state index contributed by atoms with van der Waals surface area (Å²) in [5.74, 6) is 0.703. The van der Waals surface area contributed by atoms with Crippen molar-refractivity contribution in [2.24, 2.45) is 5.92 Å². The summed E-state index contributed by atoms with van der Waals surface area (Å²) in [6.45, 7) is 2.31. The molecule has 1 aliphatic carbocycles. The summed E-state index contributed by atoms with van der Waals surface area (Å²) in [5.41, 5.74) is 2.14. The van der Waals surface area contributed by atoms with Crippen molar-refractivity contribution in [3.8, 4) is 0 Å². The predicted molar refractivity (Wildman–Crippen MR) is 131 cm³/mol. The minimum absolute atomic E-state index is 0.137. The van der Waals surface area contributed by atoms with Crippen LogP contribution in [0.3, 0.4) is 0 Å². The fraction of sp³-hybridized carbons (Fsp3) is 0.480. The summed E-state index contributed by atoms with van der Waals surface area (Å²) in [6.07, 6.45) is 6.35. The number of rotatable bonds is 6. The molecule has 1 heterocycles. The molecule has 2 aliphatic rings. The number of piperidine rings is 1. The van der Waals surface area contributed by atoms with Gasteiger partial charge in [0.05, 0.1) is 0 Å². The van der Waals surface area contributed by atoms with Crippen molar-refractivity contribution >= 4 is 40.9 Å². The lowest BCUT2D eigenvalue weighted by atomic mass is 9.89. The third kappa shape index (κ3) is 6.54. The van der Waals surface area contributed by atoms with Crippen LogP contribution >= 0.6 is 34.8 Å². The molecular formula is C25H29Cl3N2O2. The van der Waals surface area contributed by atoms with Gasteiger partial charge in [0.25, 0.3) is 0 Å². The maximum atomic E-state index is 12.4. The molecule has 172 valence electrons. The van der Waals surface area contributed by atoms with Gasteiger partial charge in [-0.3, -0.25) is 4.90 Å². The summed E-state index contributed by atoms with van der Waals surface area (Å²) >= 11 is 18.0. The van der Waals surface area contributed by atoms with Gasteiger partial charge in [0.2, 0.25) is 0 Å². The minimum atomic E-state index is -0.379. The first kappa shape index (κ1) is 23.7. The van der Waals surface area contributed by atoms with Gasteiger partial charge in [0, 0.05) is 27.2 Å². The molecule has 2 fully saturated rings. The lowest BCUT2D eigenvalue weighted by Crippen LogP contribution is -2.51. The lowest BCUT2D eigenvalue weighted by Gasteiger charge is -2.38. The Bertz CT molecular complexity index is 894. The van der Waals surface area contributed by atoms with Gasteiger partial charge in [-0.25, -0.2) is 4.79 Å². The Kier molecular flexibility index (Phi) is 8.22. The Morgan fingerprint density at radius 3 is 2.28 bits per heavy atom. The molecule has 2 atom stereocenters. The zero-order valence-electron chi connectivity index (χ0n) is 18.0.